The summed E-state index contributed by atoms with van der Waals surface area (Å²) in [7, 11) is -0.0726. The van der Waals surface area contributed by atoms with Gasteiger partial charge in [-0.25, -0.2) is 13.2 Å². The van der Waals surface area contributed by atoms with Gasteiger partial charge in [0.25, 0.3) is 10.0 Å². The van der Waals surface area contributed by atoms with Crippen LogP contribution in [0, 0.1) is 0 Å². The summed E-state index contributed by atoms with van der Waals surface area (Å²) in [4.78, 5) is 28.5. The third-order valence-electron chi connectivity index (χ3n) is 3.74. The molecule has 0 amide bonds. The minimum Gasteiger partial charge on any atom is -0.493 e. The zero-order valence-corrected chi connectivity index (χ0v) is 16.1. The lowest BCUT2D eigenvalue weighted by atomic mass is 10.1. The Kier molecular flexibility index (Phi) is 6.32. The second-order valence-electron chi connectivity index (χ2n) is 5.44. The summed E-state index contributed by atoms with van der Waals surface area (Å²) < 4.78 is 35.7. The maximum Gasteiger partial charge on any atom is 0.343 e. The molecule has 0 bridgehead atoms. The van der Waals surface area contributed by atoms with Crippen molar-refractivity contribution in [3.63, 3.8) is 0 Å². The van der Waals surface area contributed by atoms with Gasteiger partial charge in [0.2, 0.25) is 0 Å². The van der Waals surface area contributed by atoms with Crippen molar-refractivity contribution in [2.24, 2.45) is 0 Å². The van der Waals surface area contributed by atoms with Crippen molar-refractivity contribution < 1.29 is 32.3 Å². The fourth-order valence-corrected chi connectivity index (χ4v) is 3.18. The van der Waals surface area contributed by atoms with Gasteiger partial charge in [-0.05, 0) is 43.3 Å². The number of rotatable bonds is 7. The summed E-state index contributed by atoms with van der Waals surface area (Å²) in [5.74, 6) is -0.624. The summed E-state index contributed by atoms with van der Waals surface area (Å²) in [5.41, 5.74) is 0.431. The summed E-state index contributed by atoms with van der Waals surface area (Å²) in [6.07, 6.45) is 0. The second kappa shape index (κ2) is 8.30. The first-order valence-electron chi connectivity index (χ1n) is 7.75. The number of ether oxygens (including phenoxy) is 2. The van der Waals surface area contributed by atoms with Crippen LogP contribution in [-0.4, -0.2) is 45.9 Å². The summed E-state index contributed by atoms with van der Waals surface area (Å²) in [5, 5.41) is 0. The molecule has 0 N–H and O–H groups in total. The highest BCUT2D eigenvalue weighted by atomic mass is 32.2. The Morgan fingerprint density at radius 1 is 0.963 bits per heavy atom. The van der Waals surface area contributed by atoms with Gasteiger partial charge in [0.15, 0.2) is 17.3 Å². The van der Waals surface area contributed by atoms with E-state index in [4.69, 9.17) is 14.3 Å². The Balaban J connectivity index is 2.32. The van der Waals surface area contributed by atoms with Gasteiger partial charge in [-0.1, -0.05) is 10.5 Å². The van der Waals surface area contributed by atoms with E-state index >= 15 is 0 Å². The first kappa shape index (κ1) is 20.6. The number of methoxy groups -OCH3 is 1. The lowest BCUT2D eigenvalue weighted by molar-refractivity contribution is -0.0258. The molecule has 144 valence electrons. The number of nitrogens with zero attached hydrogens (tertiary/aromatic N) is 1. The lowest BCUT2D eigenvalue weighted by Crippen LogP contribution is -2.26. The van der Waals surface area contributed by atoms with Crippen LogP contribution in [0.3, 0.4) is 0 Å². The number of benzene rings is 2. The fraction of sp³-hybridized carbons (Fsp3) is 0.222. The van der Waals surface area contributed by atoms with E-state index in [1.54, 1.807) is 0 Å². The van der Waals surface area contributed by atoms with E-state index < -0.39 is 16.0 Å². The molecule has 2 rings (SSSR count). The van der Waals surface area contributed by atoms with Gasteiger partial charge in [-0.3, -0.25) is 9.63 Å². The zero-order chi connectivity index (χ0) is 20.2. The highest BCUT2D eigenvalue weighted by Crippen LogP contribution is 2.29. The minimum atomic E-state index is -3.90. The SMILES string of the molecule is COc1cc(C(C)=O)ccc1OC(=O)c1cccc(S(=O)(=O)N(C)OC)c1. The largest absolute Gasteiger partial charge is 0.493 e. The fourth-order valence-electron chi connectivity index (χ4n) is 2.16. The van der Waals surface area contributed by atoms with Gasteiger partial charge < -0.3 is 9.47 Å². The van der Waals surface area contributed by atoms with Crippen molar-refractivity contribution in [2.75, 3.05) is 21.3 Å². The van der Waals surface area contributed by atoms with E-state index in [1.165, 1.54) is 70.7 Å². The molecule has 27 heavy (non-hydrogen) atoms. The number of carbonyl (C=O) groups excluding carboxylic acids is 2. The predicted molar refractivity (Wildman–Crippen MR) is 96.4 cm³/mol. The molecule has 0 aliphatic rings. The number of hydrogen-bond donors (Lipinski definition) is 0. The van der Waals surface area contributed by atoms with Crippen LogP contribution in [0.1, 0.15) is 27.6 Å². The standard InChI is InChI=1S/C18H19NO7S/c1-12(20)13-8-9-16(17(11-13)24-3)26-18(21)14-6-5-7-15(10-14)27(22,23)19(2)25-4/h5-11H,1-4H3. The average Bonchev–Trinajstić information content (AvgIpc) is 2.67. The number of sulfonamides is 1. The monoisotopic (exact) mass is 393 g/mol. The van der Waals surface area contributed by atoms with Crippen molar-refractivity contribution in [3.8, 4) is 11.5 Å². The van der Waals surface area contributed by atoms with Gasteiger partial charge in [-0.15, -0.1) is 0 Å². The number of ketones is 1. The Bertz CT molecular complexity index is 969. The molecule has 0 unspecified atom stereocenters. The Hall–Kier alpha value is -2.75. The maximum atomic E-state index is 12.4. The van der Waals surface area contributed by atoms with Crippen LogP contribution in [0.5, 0.6) is 11.5 Å². The Morgan fingerprint density at radius 2 is 1.67 bits per heavy atom. The molecule has 8 nitrogen and oxygen atoms in total. The number of hydrogen-bond acceptors (Lipinski definition) is 7. The molecule has 0 heterocycles. The molecule has 0 saturated carbocycles. The van der Waals surface area contributed by atoms with Gasteiger partial charge in [-0.2, -0.15) is 0 Å². The summed E-state index contributed by atoms with van der Waals surface area (Å²) in [6.45, 7) is 1.41. The second-order valence-corrected chi connectivity index (χ2v) is 7.37. The van der Waals surface area contributed by atoms with Crippen LogP contribution >= 0.6 is 0 Å². The maximum absolute atomic E-state index is 12.4. The topological polar surface area (TPSA) is 99.2 Å². The molecule has 0 fully saturated rings. The predicted octanol–water partition coefficient (Wildman–Crippen LogP) is 2.30. The average molecular weight is 393 g/mol. The van der Waals surface area contributed by atoms with Crippen molar-refractivity contribution in [1.82, 2.24) is 4.47 Å². The molecule has 9 heteroatoms. The molecule has 0 aliphatic carbocycles. The normalized spacial score (nSPS) is 11.3. The van der Waals surface area contributed by atoms with Crippen molar-refractivity contribution in [1.29, 1.82) is 0 Å². The van der Waals surface area contributed by atoms with Gasteiger partial charge in [0, 0.05) is 12.6 Å². The number of carbonyl (C=O) groups is 2. The van der Waals surface area contributed by atoms with Crippen LogP contribution in [0.4, 0.5) is 0 Å². The zero-order valence-electron chi connectivity index (χ0n) is 15.3. The molecule has 2 aromatic rings. The summed E-state index contributed by atoms with van der Waals surface area (Å²) >= 11 is 0. The van der Waals surface area contributed by atoms with E-state index in [0.717, 1.165) is 0 Å². The molecule has 0 aromatic heterocycles. The van der Waals surface area contributed by atoms with Crippen molar-refractivity contribution in [3.05, 3.63) is 53.6 Å². The molecule has 0 radical (unpaired) electrons. The molecule has 0 spiro atoms. The quantitative estimate of drug-likeness (QED) is 0.308. The third kappa shape index (κ3) is 4.51. The third-order valence-corrected chi connectivity index (χ3v) is 5.41. The lowest BCUT2D eigenvalue weighted by Gasteiger charge is -2.14. The molecular formula is C18H19NO7S. The number of hydroxylamine groups is 1. The van der Waals surface area contributed by atoms with Crippen LogP contribution in [-0.2, 0) is 14.9 Å². The first-order valence-corrected chi connectivity index (χ1v) is 9.19. The highest BCUT2D eigenvalue weighted by Gasteiger charge is 2.23. The van der Waals surface area contributed by atoms with E-state index in [0.29, 0.717) is 10.0 Å². The molecule has 0 saturated heterocycles. The first-order chi connectivity index (χ1) is 12.7. The summed E-state index contributed by atoms with van der Waals surface area (Å²) in [6, 6.07) is 9.76. The smallest absolute Gasteiger partial charge is 0.343 e. The van der Waals surface area contributed by atoms with Gasteiger partial charge in [0.1, 0.15) is 0 Å². The Labute approximate surface area is 157 Å². The molecule has 0 atom stereocenters. The molecule has 2 aromatic carbocycles. The Morgan fingerprint density at radius 3 is 2.26 bits per heavy atom. The van der Waals surface area contributed by atoms with Crippen LogP contribution in [0.25, 0.3) is 0 Å². The van der Waals surface area contributed by atoms with Crippen LogP contribution in [0.2, 0.25) is 0 Å². The highest BCUT2D eigenvalue weighted by molar-refractivity contribution is 7.89. The minimum absolute atomic E-state index is 0.0262. The van der Waals surface area contributed by atoms with Crippen LogP contribution < -0.4 is 9.47 Å². The van der Waals surface area contributed by atoms with Crippen LogP contribution in [0.15, 0.2) is 47.4 Å². The van der Waals surface area contributed by atoms with Gasteiger partial charge >= 0.3 is 5.97 Å². The number of Topliss-reactive ketones (excluding diaryl/α,β-unsaturated/α-hetero) is 1. The number of esters is 1. The molecular weight excluding hydrogens is 374 g/mol. The van der Waals surface area contributed by atoms with E-state index in [-0.39, 0.29) is 27.7 Å². The van der Waals surface area contributed by atoms with Crippen molar-refractivity contribution >= 4 is 21.8 Å². The van der Waals surface area contributed by atoms with E-state index in [1.807, 2.05) is 0 Å². The van der Waals surface area contributed by atoms with E-state index in [2.05, 4.69) is 0 Å². The van der Waals surface area contributed by atoms with E-state index in [9.17, 15) is 18.0 Å². The molecule has 0 aliphatic heterocycles. The van der Waals surface area contributed by atoms with Gasteiger partial charge in [0.05, 0.1) is 24.7 Å². The van der Waals surface area contributed by atoms with Crippen molar-refractivity contribution in [2.45, 2.75) is 11.8 Å².